The van der Waals surface area contributed by atoms with Crippen molar-refractivity contribution in [2.75, 3.05) is 18.0 Å². The molecule has 0 amide bonds. The Kier molecular flexibility index (Phi) is 3.05. The molecule has 1 aliphatic heterocycles. The highest BCUT2D eigenvalue weighted by molar-refractivity contribution is 5.63. The van der Waals surface area contributed by atoms with Crippen molar-refractivity contribution in [3.05, 3.63) is 34.4 Å². The number of anilines is 1. The normalized spacial score (nSPS) is 17.4. The van der Waals surface area contributed by atoms with Gasteiger partial charge in [0.1, 0.15) is 5.69 Å². The zero-order chi connectivity index (χ0) is 11.5. The molecule has 5 heteroatoms. The number of nitro groups is 1. The lowest BCUT2D eigenvalue weighted by Gasteiger charge is -2.31. The van der Waals surface area contributed by atoms with Gasteiger partial charge in [-0.15, -0.1) is 0 Å². The number of benzene rings is 1. The third-order valence-corrected chi connectivity index (χ3v) is 2.96. The Balaban J connectivity index is 2.23. The Morgan fingerprint density at radius 1 is 1.31 bits per heavy atom. The molecular weight excluding hydrogens is 206 g/mol. The van der Waals surface area contributed by atoms with Crippen LogP contribution in [0.25, 0.3) is 0 Å². The molecule has 0 aliphatic carbocycles. The van der Waals surface area contributed by atoms with Crippen molar-refractivity contribution >= 4 is 11.4 Å². The lowest BCUT2D eigenvalue weighted by Crippen LogP contribution is -2.39. The summed E-state index contributed by atoms with van der Waals surface area (Å²) < 4.78 is 0. The van der Waals surface area contributed by atoms with Crippen LogP contribution in [0, 0.1) is 10.1 Å². The zero-order valence-corrected chi connectivity index (χ0v) is 9.00. The lowest BCUT2D eigenvalue weighted by atomic mass is 10.1. The highest BCUT2D eigenvalue weighted by atomic mass is 16.6. The molecule has 5 nitrogen and oxygen atoms in total. The maximum Gasteiger partial charge on any atom is 0.292 e. The molecule has 1 aliphatic rings. The summed E-state index contributed by atoms with van der Waals surface area (Å²) in [6.07, 6.45) is 1.79. The summed E-state index contributed by atoms with van der Waals surface area (Å²) in [6, 6.07) is 7.10. The van der Waals surface area contributed by atoms with E-state index in [1.807, 2.05) is 11.0 Å². The molecule has 0 saturated carbocycles. The predicted molar refractivity (Wildman–Crippen MR) is 62.5 cm³/mol. The van der Waals surface area contributed by atoms with E-state index in [1.54, 1.807) is 18.2 Å². The summed E-state index contributed by atoms with van der Waals surface area (Å²) in [5.74, 6) is 0. The van der Waals surface area contributed by atoms with Gasteiger partial charge in [-0.05, 0) is 18.9 Å². The van der Waals surface area contributed by atoms with Gasteiger partial charge in [0.25, 0.3) is 5.69 Å². The third-order valence-electron chi connectivity index (χ3n) is 2.96. The van der Waals surface area contributed by atoms with Gasteiger partial charge in [-0.25, -0.2) is 0 Å². The van der Waals surface area contributed by atoms with E-state index >= 15 is 0 Å². The molecule has 1 aromatic carbocycles. The topological polar surface area (TPSA) is 72.4 Å². The van der Waals surface area contributed by atoms with Crippen LogP contribution < -0.4 is 10.6 Å². The van der Waals surface area contributed by atoms with Crippen LogP contribution in [0.4, 0.5) is 11.4 Å². The number of hydrogen-bond acceptors (Lipinski definition) is 4. The van der Waals surface area contributed by atoms with Crippen LogP contribution in [-0.4, -0.2) is 24.1 Å². The molecule has 86 valence electrons. The van der Waals surface area contributed by atoms with Crippen LogP contribution in [0.15, 0.2) is 24.3 Å². The minimum Gasteiger partial charge on any atom is -0.366 e. The van der Waals surface area contributed by atoms with Crippen LogP contribution in [0.2, 0.25) is 0 Å². The maximum absolute atomic E-state index is 10.9. The number of nitrogens with two attached hydrogens (primary N) is 1. The fourth-order valence-electron chi connectivity index (χ4n) is 2.03. The lowest BCUT2D eigenvalue weighted by molar-refractivity contribution is -0.384. The minimum atomic E-state index is -0.329. The number of nitro benzene ring substituents is 1. The smallest absolute Gasteiger partial charge is 0.292 e. The van der Waals surface area contributed by atoms with Crippen LogP contribution in [0.3, 0.4) is 0 Å². The third kappa shape index (κ3) is 2.14. The van der Waals surface area contributed by atoms with Gasteiger partial charge in [0.15, 0.2) is 0 Å². The molecule has 1 saturated heterocycles. The van der Waals surface area contributed by atoms with E-state index in [-0.39, 0.29) is 16.7 Å². The Hall–Kier alpha value is -1.62. The van der Waals surface area contributed by atoms with Crippen LogP contribution in [-0.2, 0) is 0 Å². The molecule has 1 fully saturated rings. The summed E-state index contributed by atoms with van der Waals surface area (Å²) in [4.78, 5) is 12.6. The number of rotatable bonds is 2. The van der Waals surface area contributed by atoms with Gasteiger partial charge in [-0.2, -0.15) is 0 Å². The van der Waals surface area contributed by atoms with Gasteiger partial charge < -0.3 is 10.6 Å². The van der Waals surface area contributed by atoms with E-state index in [4.69, 9.17) is 5.73 Å². The first kappa shape index (κ1) is 10.9. The predicted octanol–water partition coefficient (Wildman–Crippen LogP) is 1.52. The van der Waals surface area contributed by atoms with Gasteiger partial charge in [0.2, 0.25) is 0 Å². The monoisotopic (exact) mass is 221 g/mol. The summed E-state index contributed by atoms with van der Waals surface area (Å²) >= 11 is 0. The molecule has 16 heavy (non-hydrogen) atoms. The molecule has 0 spiro atoms. The molecule has 2 rings (SSSR count). The van der Waals surface area contributed by atoms with Crippen LogP contribution in [0.1, 0.15) is 12.8 Å². The van der Waals surface area contributed by atoms with Crippen molar-refractivity contribution in [3.63, 3.8) is 0 Å². The molecular formula is C11H15N3O2. The van der Waals surface area contributed by atoms with E-state index in [1.165, 1.54) is 0 Å². The molecule has 0 aromatic heterocycles. The van der Waals surface area contributed by atoms with E-state index in [9.17, 15) is 10.1 Å². The van der Waals surface area contributed by atoms with Crippen molar-refractivity contribution < 1.29 is 4.92 Å². The Morgan fingerprint density at radius 2 is 1.94 bits per heavy atom. The summed E-state index contributed by atoms with van der Waals surface area (Å²) in [5.41, 5.74) is 6.70. The first-order valence-electron chi connectivity index (χ1n) is 5.42. The van der Waals surface area contributed by atoms with Gasteiger partial charge in [0, 0.05) is 25.2 Å². The summed E-state index contributed by atoms with van der Waals surface area (Å²) in [5, 5.41) is 10.9. The molecule has 1 heterocycles. The van der Waals surface area contributed by atoms with Gasteiger partial charge >= 0.3 is 0 Å². The zero-order valence-electron chi connectivity index (χ0n) is 9.00. The van der Waals surface area contributed by atoms with Crippen molar-refractivity contribution in [1.29, 1.82) is 0 Å². The quantitative estimate of drug-likeness (QED) is 0.607. The standard InChI is InChI=1S/C11H15N3O2/c12-9-5-7-13(8-6-9)10-3-1-2-4-11(10)14(15)16/h1-4,9H,5-8,12H2. The van der Waals surface area contributed by atoms with E-state index in [0.29, 0.717) is 5.69 Å². The molecule has 0 radical (unpaired) electrons. The molecule has 2 N–H and O–H groups in total. The number of para-hydroxylation sites is 2. The molecule has 0 unspecified atom stereocenters. The second-order valence-corrected chi connectivity index (χ2v) is 4.07. The van der Waals surface area contributed by atoms with Gasteiger partial charge in [-0.3, -0.25) is 10.1 Å². The largest absolute Gasteiger partial charge is 0.366 e. The first-order valence-corrected chi connectivity index (χ1v) is 5.42. The fourth-order valence-corrected chi connectivity index (χ4v) is 2.03. The maximum atomic E-state index is 10.9. The van der Waals surface area contributed by atoms with Crippen molar-refractivity contribution in [2.24, 2.45) is 5.73 Å². The fraction of sp³-hybridized carbons (Fsp3) is 0.455. The summed E-state index contributed by atoms with van der Waals surface area (Å²) in [6.45, 7) is 1.60. The van der Waals surface area contributed by atoms with Crippen molar-refractivity contribution in [2.45, 2.75) is 18.9 Å². The number of nitrogens with zero attached hydrogens (tertiary/aromatic N) is 2. The second-order valence-electron chi connectivity index (χ2n) is 4.07. The van der Waals surface area contributed by atoms with Gasteiger partial charge in [-0.1, -0.05) is 12.1 Å². The van der Waals surface area contributed by atoms with E-state index < -0.39 is 0 Å². The Morgan fingerprint density at radius 3 is 2.56 bits per heavy atom. The van der Waals surface area contributed by atoms with Crippen LogP contribution in [0.5, 0.6) is 0 Å². The van der Waals surface area contributed by atoms with E-state index in [0.717, 1.165) is 25.9 Å². The van der Waals surface area contributed by atoms with Crippen molar-refractivity contribution in [3.8, 4) is 0 Å². The highest BCUT2D eigenvalue weighted by Crippen LogP contribution is 2.29. The summed E-state index contributed by atoms with van der Waals surface area (Å²) in [7, 11) is 0. The van der Waals surface area contributed by atoms with Crippen LogP contribution >= 0.6 is 0 Å². The van der Waals surface area contributed by atoms with Crippen molar-refractivity contribution in [1.82, 2.24) is 0 Å². The Labute approximate surface area is 94.0 Å². The second kappa shape index (κ2) is 4.49. The SMILES string of the molecule is NC1CCN(c2ccccc2[N+](=O)[O-])CC1. The van der Waals surface area contributed by atoms with Gasteiger partial charge in [0.05, 0.1) is 4.92 Å². The van der Waals surface area contributed by atoms with E-state index in [2.05, 4.69) is 0 Å². The molecule has 0 bridgehead atoms. The molecule has 0 atom stereocenters. The average Bonchev–Trinajstić information content (AvgIpc) is 2.30. The minimum absolute atomic E-state index is 0.179. The highest BCUT2D eigenvalue weighted by Gasteiger charge is 2.22. The number of hydrogen-bond donors (Lipinski definition) is 1. The average molecular weight is 221 g/mol. The molecule has 1 aromatic rings. The Bertz CT molecular complexity index is 387. The first-order chi connectivity index (χ1) is 7.68. The number of piperidine rings is 1.